The second-order valence-electron chi connectivity index (χ2n) is 4.22. The number of thiocarbonyl (C=S) groups is 1. The predicted molar refractivity (Wildman–Crippen MR) is 76.9 cm³/mol. The predicted octanol–water partition coefficient (Wildman–Crippen LogP) is 4.37. The summed E-state index contributed by atoms with van der Waals surface area (Å²) in [6, 6.07) is 9.41. The van der Waals surface area contributed by atoms with Crippen LogP contribution in [0, 0.1) is 10.1 Å². The maximum absolute atomic E-state index is 12.5. The quantitative estimate of drug-likeness (QED) is 0.477. The number of nitro groups is 1. The zero-order valence-electron chi connectivity index (χ0n) is 10.8. The zero-order chi connectivity index (χ0) is 16.3. The van der Waals surface area contributed by atoms with E-state index in [-0.39, 0.29) is 16.5 Å². The summed E-state index contributed by atoms with van der Waals surface area (Å²) in [5, 5.41) is 10.5. The second kappa shape index (κ2) is 6.10. The lowest BCUT2D eigenvalue weighted by atomic mass is 10.1. The summed E-state index contributed by atoms with van der Waals surface area (Å²) < 4.78 is 42.6. The molecule has 0 aromatic heterocycles. The summed E-state index contributed by atoms with van der Waals surface area (Å²) in [5.41, 5.74) is -0.580. The highest BCUT2D eigenvalue weighted by Gasteiger charge is 2.30. The van der Waals surface area contributed by atoms with Gasteiger partial charge in [0.1, 0.15) is 5.75 Å². The molecule has 0 atom stereocenters. The number of nitrogens with zero attached hydrogens (tertiary/aromatic N) is 1. The standard InChI is InChI=1S/C14H8F3NO3S/c15-14(16,17)10-3-1-9(2-4-10)13(22)21-12-7-5-11(6-8-12)18(19)20/h1-8H. The van der Waals surface area contributed by atoms with Gasteiger partial charge in [0.15, 0.2) is 5.05 Å². The van der Waals surface area contributed by atoms with Gasteiger partial charge in [0.25, 0.3) is 5.69 Å². The average Bonchev–Trinajstić information content (AvgIpc) is 2.47. The summed E-state index contributed by atoms with van der Waals surface area (Å²) in [4.78, 5) is 9.96. The Morgan fingerprint density at radius 3 is 2.05 bits per heavy atom. The molecule has 0 fully saturated rings. The first kappa shape index (κ1) is 15.9. The van der Waals surface area contributed by atoms with E-state index in [1.54, 1.807) is 0 Å². The molecule has 2 aromatic carbocycles. The fourth-order valence-electron chi connectivity index (χ4n) is 1.60. The Bertz CT molecular complexity index is 697. The van der Waals surface area contributed by atoms with Gasteiger partial charge in [0, 0.05) is 17.7 Å². The van der Waals surface area contributed by atoms with Crippen molar-refractivity contribution in [2.75, 3.05) is 0 Å². The number of rotatable bonds is 3. The molecule has 2 aromatic rings. The van der Waals surface area contributed by atoms with Crippen molar-refractivity contribution in [3.8, 4) is 5.75 Å². The van der Waals surface area contributed by atoms with Crippen LogP contribution in [0.15, 0.2) is 48.5 Å². The third-order valence-electron chi connectivity index (χ3n) is 2.71. The SMILES string of the molecule is O=[N+]([O-])c1ccc(OC(=S)c2ccc(C(F)(F)F)cc2)cc1. The Morgan fingerprint density at radius 1 is 1.05 bits per heavy atom. The van der Waals surface area contributed by atoms with E-state index in [4.69, 9.17) is 17.0 Å². The summed E-state index contributed by atoms with van der Waals surface area (Å²) in [5.74, 6) is 0.260. The topological polar surface area (TPSA) is 52.4 Å². The molecule has 0 aliphatic heterocycles. The Kier molecular flexibility index (Phi) is 4.41. The van der Waals surface area contributed by atoms with Gasteiger partial charge in [-0.2, -0.15) is 13.2 Å². The first-order valence-corrected chi connectivity index (χ1v) is 6.32. The van der Waals surface area contributed by atoms with Gasteiger partial charge in [-0.05, 0) is 48.6 Å². The lowest BCUT2D eigenvalue weighted by molar-refractivity contribution is -0.384. The van der Waals surface area contributed by atoms with Crippen molar-refractivity contribution in [2.24, 2.45) is 0 Å². The number of non-ortho nitro benzene ring substituents is 1. The molecule has 0 spiro atoms. The second-order valence-corrected chi connectivity index (χ2v) is 4.59. The van der Waals surface area contributed by atoms with Crippen LogP contribution in [0.1, 0.15) is 11.1 Å². The fraction of sp³-hybridized carbons (Fsp3) is 0.0714. The van der Waals surface area contributed by atoms with E-state index in [2.05, 4.69) is 0 Å². The lowest BCUT2D eigenvalue weighted by Crippen LogP contribution is -2.09. The van der Waals surface area contributed by atoms with Crippen LogP contribution in [-0.2, 0) is 6.18 Å². The van der Waals surface area contributed by atoms with E-state index in [9.17, 15) is 23.3 Å². The van der Waals surface area contributed by atoms with Crippen LogP contribution >= 0.6 is 12.2 Å². The van der Waals surface area contributed by atoms with Crippen LogP contribution < -0.4 is 4.74 Å². The number of alkyl halides is 3. The first-order valence-electron chi connectivity index (χ1n) is 5.91. The summed E-state index contributed by atoms with van der Waals surface area (Å²) in [6.07, 6.45) is -4.42. The normalized spacial score (nSPS) is 11.0. The molecule has 0 unspecified atom stereocenters. The van der Waals surface area contributed by atoms with E-state index in [1.807, 2.05) is 0 Å². The van der Waals surface area contributed by atoms with Gasteiger partial charge >= 0.3 is 6.18 Å². The van der Waals surface area contributed by atoms with Gasteiger partial charge < -0.3 is 4.74 Å². The molecular weight excluding hydrogens is 319 g/mol. The van der Waals surface area contributed by atoms with Crippen molar-refractivity contribution >= 4 is 23.0 Å². The van der Waals surface area contributed by atoms with E-state index >= 15 is 0 Å². The molecule has 0 amide bonds. The summed E-state index contributed by atoms with van der Waals surface area (Å²) in [6.45, 7) is 0. The number of ether oxygens (including phenoxy) is 1. The van der Waals surface area contributed by atoms with Crippen molar-refractivity contribution in [1.29, 1.82) is 0 Å². The van der Waals surface area contributed by atoms with Gasteiger partial charge in [-0.15, -0.1) is 0 Å². The lowest BCUT2D eigenvalue weighted by Gasteiger charge is -2.09. The molecule has 0 radical (unpaired) electrons. The molecule has 4 nitrogen and oxygen atoms in total. The van der Waals surface area contributed by atoms with E-state index in [1.165, 1.54) is 36.4 Å². The number of halogens is 3. The average molecular weight is 327 g/mol. The largest absolute Gasteiger partial charge is 0.445 e. The number of benzene rings is 2. The molecule has 0 aliphatic carbocycles. The van der Waals surface area contributed by atoms with Crippen molar-refractivity contribution in [2.45, 2.75) is 6.18 Å². The van der Waals surface area contributed by atoms with Crippen molar-refractivity contribution in [1.82, 2.24) is 0 Å². The van der Waals surface area contributed by atoms with Crippen molar-refractivity contribution in [3.63, 3.8) is 0 Å². The molecule has 8 heteroatoms. The fourth-order valence-corrected chi connectivity index (χ4v) is 1.83. The number of nitro benzene ring substituents is 1. The van der Waals surface area contributed by atoms with Crippen molar-refractivity contribution in [3.05, 3.63) is 69.8 Å². The highest BCUT2D eigenvalue weighted by atomic mass is 32.1. The Balaban J connectivity index is 2.10. The minimum absolute atomic E-state index is 0.0254. The number of hydrogen-bond acceptors (Lipinski definition) is 4. The van der Waals surface area contributed by atoms with Gasteiger partial charge in [-0.25, -0.2) is 0 Å². The minimum Gasteiger partial charge on any atom is -0.445 e. The minimum atomic E-state index is -4.42. The molecule has 22 heavy (non-hydrogen) atoms. The Morgan fingerprint density at radius 2 is 1.59 bits per heavy atom. The monoisotopic (exact) mass is 327 g/mol. The molecule has 114 valence electrons. The Hall–Kier alpha value is -2.48. The van der Waals surface area contributed by atoms with Crippen LogP contribution in [0.4, 0.5) is 18.9 Å². The number of hydrogen-bond donors (Lipinski definition) is 0. The van der Waals surface area contributed by atoms with Crippen molar-refractivity contribution < 1.29 is 22.8 Å². The van der Waals surface area contributed by atoms with Crippen LogP contribution in [0.2, 0.25) is 0 Å². The third-order valence-corrected chi connectivity index (χ3v) is 3.03. The third kappa shape index (κ3) is 3.79. The molecule has 2 rings (SSSR count). The Labute approximate surface area is 128 Å². The van der Waals surface area contributed by atoms with Crippen LogP contribution in [0.25, 0.3) is 0 Å². The van der Waals surface area contributed by atoms with Gasteiger partial charge in [0.2, 0.25) is 0 Å². The van der Waals surface area contributed by atoms with Crippen LogP contribution in [0.5, 0.6) is 5.75 Å². The molecular formula is C14H8F3NO3S. The van der Waals surface area contributed by atoms with E-state index < -0.39 is 16.7 Å². The van der Waals surface area contributed by atoms with Crippen LogP contribution in [0.3, 0.4) is 0 Å². The maximum Gasteiger partial charge on any atom is 0.416 e. The highest BCUT2D eigenvalue weighted by molar-refractivity contribution is 7.80. The molecule has 0 saturated heterocycles. The molecule has 0 N–H and O–H groups in total. The maximum atomic E-state index is 12.5. The molecule has 0 saturated carbocycles. The summed E-state index contributed by atoms with van der Waals surface area (Å²) >= 11 is 4.99. The van der Waals surface area contributed by atoms with E-state index in [0.717, 1.165) is 12.1 Å². The van der Waals surface area contributed by atoms with Gasteiger partial charge in [-0.1, -0.05) is 0 Å². The molecule has 0 heterocycles. The zero-order valence-corrected chi connectivity index (χ0v) is 11.6. The highest BCUT2D eigenvalue weighted by Crippen LogP contribution is 2.29. The van der Waals surface area contributed by atoms with Gasteiger partial charge in [0.05, 0.1) is 10.5 Å². The molecule has 0 aliphatic rings. The van der Waals surface area contributed by atoms with E-state index in [0.29, 0.717) is 5.56 Å². The summed E-state index contributed by atoms with van der Waals surface area (Å²) in [7, 11) is 0. The molecule has 0 bridgehead atoms. The smallest absolute Gasteiger partial charge is 0.416 e. The van der Waals surface area contributed by atoms with Gasteiger partial charge in [-0.3, -0.25) is 10.1 Å². The first-order chi connectivity index (χ1) is 10.3. The van der Waals surface area contributed by atoms with Crippen LogP contribution in [-0.4, -0.2) is 9.97 Å².